The van der Waals surface area contributed by atoms with Gasteiger partial charge in [0.05, 0.1) is 73.1 Å². The first kappa shape index (κ1) is 95.6. The summed E-state index contributed by atoms with van der Waals surface area (Å²) in [6.45, 7) is 21.3. The molecule has 4 aromatic heterocycles. The summed E-state index contributed by atoms with van der Waals surface area (Å²) in [4.78, 5) is 54.4. The highest BCUT2D eigenvalue weighted by molar-refractivity contribution is 5.83. The van der Waals surface area contributed by atoms with Crippen molar-refractivity contribution in [2.24, 2.45) is 0 Å². The van der Waals surface area contributed by atoms with E-state index >= 15 is 0 Å². The fraction of sp³-hybridized carbons (Fsp3) is 0.404. The van der Waals surface area contributed by atoms with E-state index in [1.807, 2.05) is 116 Å². The van der Waals surface area contributed by atoms with Crippen molar-refractivity contribution in [3.63, 3.8) is 0 Å². The van der Waals surface area contributed by atoms with Crippen molar-refractivity contribution in [2.75, 3.05) is 85.3 Å². The minimum absolute atomic E-state index is 0.0167. The number of carbonyl (C=O) groups is 3. The Bertz CT molecular complexity index is 6520. The Balaban J connectivity index is 0.000000127. The summed E-state index contributed by atoms with van der Waals surface area (Å²) in [7, 11) is 0. The number of ether oxygens (including phenoxy) is 4. The number of rotatable bonds is 24. The van der Waals surface area contributed by atoms with Crippen molar-refractivity contribution in [3.05, 3.63) is 224 Å². The van der Waals surface area contributed by atoms with Gasteiger partial charge in [0.1, 0.15) is 58.7 Å². The van der Waals surface area contributed by atoms with Gasteiger partial charge in [0, 0.05) is 150 Å². The van der Waals surface area contributed by atoms with Crippen LogP contribution in [0.1, 0.15) is 193 Å². The second-order valence-corrected chi connectivity index (χ2v) is 38.3. The van der Waals surface area contributed by atoms with Gasteiger partial charge in [0.25, 0.3) is 11.8 Å². The number of piperidine rings is 2. The summed E-state index contributed by atoms with van der Waals surface area (Å²) in [5.41, 5.74) is 20.0. The van der Waals surface area contributed by atoms with Gasteiger partial charge in [0.15, 0.2) is 11.5 Å². The number of nitrogens with zero attached hydrogens (tertiary/aromatic N) is 14. The maximum atomic E-state index is 12.6. The normalized spacial score (nSPS) is 19.4. The van der Waals surface area contributed by atoms with E-state index in [1.54, 1.807) is 63.2 Å². The summed E-state index contributed by atoms with van der Waals surface area (Å²) >= 11 is 0. The molecule has 4 saturated heterocycles. The van der Waals surface area contributed by atoms with Crippen LogP contribution < -0.4 is 18.9 Å². The quantitative estimate of drug-likeness (QED) is 0.0436. The van der Waals surface area contributed by atoms with Crippen LogP contribution in [-0.4, -0.2) is 198 Å². The van der Waals surface area contributed by atoms with Crippen LogP contribution in [0.2, 0.25) is 0 Å². The third kappa shape index (κ3) is 19.5. The predicted molar refractivity (Wildman–Crippen MR) is 514 cm³/mol. The van der Waals surface area contributed by atoms with E-state index in [2.05, 4.69) is 108 Å². The zero-order valence-electron chi connectivity index (χ0n) is 79.2. The molecule has 138 heavy (non-hydrogen) atoms. The van der Waals surface area contributed by atoms with Crippen LogP contribution in [0.3, 0.4) is 0 Å². The Kier molecular flexibility index (Phi) is 28.4. The van der Waals surface area contributed by atoms with Crippen LogP contribution in [0.15, 0.2) is 176 Å². The molecule has 0 unspecified atom stereocenters. The number of aliphatic hydroxyl groups excluding tert-OH is 4. The summed E-state index contributed by atoms with van der Waals surface area (Å²) in [5.74, 6) is 5.49. The number of nitriles is 4. The maximum Gasteiger partial charge on any atom is 0.258 e. The number of β-amino-alcohol motifs (C(OH)–C–C–N with tert-alkyl or cyclic N) is 4. The Labute approximate surface area is 802 Å². The molecule has 4 fully saturated rings. The molecule has 3 amide bonds. The number of likely N-dealkylation sites (tertiary alicyclic amines) is 4. The van der Waals surface area contributed by atoms with Crippen molar-refractivity contribution in [1.82, 2.24) is 50.2 Å². The summed E-state index contributed by atoms with van der Waals surface area (Å²) in [6, 6.07) is 59.1. The van der Waals surface area contributed by atoms with Crippen molar-refractivity contribution in [2.45, 2.75) is 198 Å². The molecule has 4 N–H and O–H groups in total. The largest absolute Gasteiger partial charge is 0.490 e. The molecule has 0 bridgehead atoms. The van der Waals surface area contributed by atoms with Crippen molar-refractivity contribution >= 4 is 17.7 Å². The van der Waals surface area contributed by atoms with Gasteiger partial charge in [-0.3, -0.25) is 14.4 Å². The molecule has 0 radical (unpaired) electrons. The molecule has 8 aromatic carbocycles. The van der Waals surface area contributed by atoms with E-state index in [0.29, 0.717) is 150 Å². The SMILES string of the molecule is CC(C)Oc1ccc(-c2cc(-c3cccc4c3CC[C@@]43CCC(=O)N(CCO)C3)no2)cc1C#N.CC(C)Oc1ccc(-c2cc(-c3cccc4c3CC[C@]43CCC(=O)N(CCO)C3)no2)cc1C#N.CC(C)Oc1ccc(-c2nc(-c3cccc4c3CCC[C@@]43CC(=O)N(CCO)C3)no2)cc1C#N.CC(C)Oc1ccc(-c2nc(-c3cccc4c3CC[C@]43CCN(CCO)C3)no2)cc1C#N. The van der Waals surface area contributed by atoms with Gasteiger partial charge in [-0.1, -0.05) is 93.4 Å². The molecule has 8 aliphatic rings. The number of hydrogen-bond acceptors (Lipinski definition) is 26. The number of aromatic nitrogens is 6. The van der Waals surface area contributed by atoms with Crippen molar-refractivity contribution in [1.29, 1.82) is 21.0 Å². The molecule has 710 valence electrons. The fourth-order valence-electron chi connectivity index (χ4n) is 21.9. The van der Waals surface area contributed by atoms with Crippen LogP contribution in [0.25, 0.3) is 90.8 Å². The number of amides is 3. The predicted octanol–water partition coefficient (Wildman–Crippen LogP) is 16.7. The van der Waals surface area contributed by atoms with Crippen molar-refractivity contribution < 1.29 is 71.8 Å². The highest BCUT2D eigenvalue weighted by Gasteiger charge is 2.50. The molecule has 4 aliphatic heterocycles. The minimum Gasteiger partial charge on any atom is -0.490 e. The Morgan fingerprint density at radius 3 is 1.09 bits per heavy atom. The van der Waals surface area contributed by atoms with E-state index in [1.165, 1.54) is 38.9 Å². The Morgan fingerprint density at radius 1 is 0.362 bits per heavy atom. The van der Waals surface area contributed by atoms with Gasteiger partial charge < -0.3 is 77.1 Å². The second-order valence-electron chi connectivity index (χ2n) is 38.3. The molecule has 12 aromatic rings. The average Bonchev–Trinajstić information content (AvgIpc) is 1.61. The molecule has 4 spiro atoms. The molecule has 8 heterocycles. The maximum absolute atomic E-state index is 12.6. The first-order chi connectivity index (χ1) is 66.8. The van der Waals surface area contributed by atoms with Gasteiger partial charge in [0.2, 0.25) is 29.4 Å². The standard InChI is InChI=1S/2C28H29N3O4.C27H28N4O4.C26H28N4O3/c2*1-18(2)34-25-7-6-19(14-20(25)16-29)26-15-24(30-35-26)22-4-3-5-23-21(22)8-10-28(23)11-9-27(33)31(17-28)12-13-32;1-17(2)34-23-9-8-18(13-19(23)15-28)26-29-25(30-35-26)21-5-3-7-22-20(21)6-4-10-27(22)14-24(33)31(16-27)11-12-32;1-17(2)32-23-7-6-18(14-19(23)15-27)25-28-24(29-33-25)21-4-3-5-22-20(21)8-9-26(22)10-11-30(16-26)12-13-31/h2*3-7,14-15,18,32H,8-13,17H2,1-2H3;3,5,7-9,13,17,32H,4,6,10-12,14,16H2,1-2H3;3-7,14,17,31H,8-13,16H2,1-2H3/t2*28-;27-;26-/m1001/s1. The Morgan fingerprint density at radius 2 is 0.703 bits per heavy atom. The topological polar surface area (TPSA) is 407 Å². The first-order valence-electron chi connectivity index (χ1n) is 47.8. The van der Waals surface area contributed by atoms with Gasteiger partial charge in [-0.15, -0.1) is 0 Å². The third-order valence-corrected chi connectivity index (χ3v) is 28.1. The van der Waals surface area contributed by atoms with Gasteiger partial charge in [-0.2, -0.15) is 31.0 Å². The lowest BCUT2D eigenvalue weighted by Gasteiger charge is -2.41. The first-order valence-corrected chi connectivity index (χ1v) is 47.8. The van der Waals surface area contributed by atoms with E-state index < -0.39 is 0 Å². The molecule has 4 aliphatic carbocycles. The molecule has 29 nitrogen and oxygen atoms in total. The van der Waals surface area contributed by atoms with Gasteiger partial charge >= 0.3 is 0 Å². The number of carbonyl (C=O) groups excluding carboxylic acids is 3. The lowest BCUT2D eigenvalue weighted by molar-refractivity contribution is -0.136. The average molecular weight is 1860 g/mol. The summed E-state index contributed by atoms with van der Waals surface area (Å²) < 4.78 is 45.5. The van der Waals surface area contributed by atoms with E-state index in [-0.39, 0.29) is 90.2 Å². The fourth-order valence-corrected chi connectivity index (χ4v) is 21.9. The van der Waals surface area contributed by atoms with Crippen LogP contribution in [0.4, 0.5) is 0 Å². The number of hydrogen-bond donors (Lipinski definition) is 4. The summed E-state index contributed by atoms with van der Waals surface area (Å²) in [6.07, 6.45) is 12.8. The molecule has 29 heteroatoms. The van der Waals surface area contributed by atoms with Crippen molar-refractivity contribution in [3.8, 4) is 138 Å². The molecule has 0 saturated carbocycles. The second kappa shape index (κ2) is 41.0. The molecular weight excluding hydrogens is 1750 g/mol. The summed E-state index contributed by atoms with van der Waals surface area (Å²) in [5, 5.41) is 93.0. The molecule has 20 rings (SSSR count). The molecule has 4 atom stereocenters. The lowest BCUT2D eigenvalue weighted by Crippen LogP contribution is -2.48. The third-order valence-electron chi connectivity index (χ3n) is 28.1. The number of fused-ring (bicyclic) bond motifs is 8. The van der Waals surface area contributed by atoms with Crippen LogP contribution in [-0.2, 0) is 61.7 Å². The van der Waals surface area contributed by atoms with E-state index in [9.17, 15) is 55.9 Å². The van der Waals surface area contributed by atoms with Gasteiger partial charge in [-0.05, 0) is 256 Å². The van der Waals surface area contributed by atoms with Gasteiger partial charge in [-0.25, -0.2) is 0 Å². The van der Waals surface area contributed by atoms with E-state index in [0.717, 1.165) is 147 Å². The highest BCUT2D eigenvalue weighted by atomic mass is 16.5. The van der Waals surface area contributed by atoms with E-state index in [4.69, 9.17) is 37.0 Å². The number of benzene rings is 8. The molecular formula is C109H114N14O15. The highest BCUT2D eigenvalue weighted by Crippen LogP contribution is 2.53. The van der Waals surface area contributed by atoms with Crippen LogP contribution >= 0.6 is 0 Å². The Hall–Kier alpha value is -14.2. The monoisotopic (exact) mass is 1860 g/mol. The lowest BCUT2D eigenvalue weighted by atomic mass is 9.68. The zero-order valence-corrected chi connectivity index (χ0v) is 79.2. The van der Waals surface area contributed by atoms with Crippen LogP contribution in [0, 0.1) is 45.3 Å². The minimum atomic E-state index is -0.240. The number of aliphatic hydroxyl groups is 4. The zero-order chi connectivity index (χ0) is 96.7. The smallest absolute Gasteiger partial charge is 0.258 e. The van der Waals surface area contributed by atoms with Crippen LogP contribution in [0.5, 0.6) is 23.0 Å².